The Bertz CT molecular complexity index is 466. The van der Waals surface area contributed by atoms with E-state index in [0.717, 1.165) is 12.1 Å². The lowest BCUT2D eigenvalue weighted by molar-refractivity contribution is 1.44. The highest BCUT2D eigenvalue weighted by Crippen LogP contribution is 1.99. The Morgan fingerprint density at radius 3 is 2.92 bits per heavy atom. The van der Waals surface area contributed by atoms with Gasteiger partial charge in [0.2, 0.25) is 0 Å². The van der Waals surface area contributed by atoms with E-state index in [0.29, 0.717) is 0 Å². The van der Waals surface area contributed by atoms with E-state index in [2.05, 4.69) is 36.0 Å². The van der Waals surface area contributed by atoms with Crippen LogP contribution in [0.25, 0.3) is 11.8 Å². The molecule has 13 heavy (non-hydrogen) atoms. The zero-order valence-electron chi connectivity index (χ0n) is 7.40. The molecule has 1 nitrogen and oxygen atoms in total. The van der Waals surface area contributed by atoms with Crippen LogP contribution in [0.4, 0.5) is 0 Å². The van der Waals surface area contributed by atoms with Gasteiger partial charge in [-0.3, -0.25) is 4.99 Å². The van der Waals surface area contributed by atoms with Crippen LogP contribution in [0.2, 0.25) is 0 Å². The van der Waals surface area contributed by atoms with Gasteiger partial charge in [0.1, 0.15) is 0 Å². The maximum atomic E-state index is 4.01. The summed E-state index contributed by atoms with van der Waals surface area (Å²) in [4.78, 5) is 4.01. The van der Waals surface area contributed by atoms with Gasteiger partial charge in [-0.1, -0.05) is 36.4 Å². The van der Waals surface area contributed by atoms with Gasteiger partial charge in [0.05, 0.1) is 5.70 Å². The molecule has 0 fully saturated rings. The molecule has 0 aliphatic heterocycles. The molecule has 0 radical (unpaired) electrons. The summed E-state index contributed by atoms with van der Waals surface area (Å²) in [7, 11) is 0. The first-order valence-corrected chi connectivity index (χ1v) is 4.34. The standard InChI is InChI=1S/C12H11N/c1-13-12-9-5-3-7-10-6-2-4-8-11(10)12/h2,4-9H,1,3H2. The molecule has 0 aromatic heterocycles. The summed E-state index contributed by atoms with van der Waals surface area (Å²) in [6.45, 7) is 3.57. The molecule has 0 saturated heterocycles. The average Bonchev–Trinajstić information content (AvgIpc) is 2.39. The lowest BCUT2D eigenvalue weighted by Crippen LogP contribution is -2.24. The lowest BCUT2D eigenvalue weighted by atomic mass is 10.2. The lowest BCUT2D eigenvalue weighted by Gasteiger charge is -1.92. The molecule has 0 amide bonds. The molecule has 1 aromatic rings. The van der Waals surface area contributed by atoms with Crippen LogP contribution in [-0.4, -0.2) is 6.72 Å². The normalized spacial score (nSPS) is 14.3. The Labute approximate surface area is 77.4 Å². The molecule has 1 aliphatic rings. The topological polar surface area (TPSA) is 12.4 Å². The van der Waals surface area contributed by atoms with Crippen molar-refractivity contribution in [3.05, 3.63) is 46.9 Å². The minimum Gasteiger partial charge on any atom is -0.264 e. The highest BCUT2D eigenvalue weighted by Gasteiger charge is 1.94. The fourth-order valence-corrected chi connectivity index (χ4v) is 1.51. The second kappa shape index (κ2) is 3.40. The second-order valence-electron chi connectivity index (χ2n) is 2.97. The summed E-state index contributed by atoms with van der Waals surface area (Å²) in [6.07, 6.45) is 7.29. The molecular formula is C12H11N. The molecule has 0 saturated carbocycles. The third-order valence-corrected chi connectivity index (χ3v) is 2.16. The van der Waals surface area contributed by atoms with Crippen molar-refractivity contribution >= 4 is 18.5 Å². The first kappa shape index (κ1) is 7.99. The molecule has 0 N–H and O–H groups in total. The quantitative estimate of drug-likeness (QED) is 0.561. The first-order valence-electron chi connectivity index (χ1n) is 4.34. The number of nitrogens with zero attached hydrogens (tertiary/aromatic N) is 1. The van der Waals surface area contributed by atoms with Crippen molar-refractivity contribution in [3.8, 4) is 0 Å². The molecule has 1 heteroatoms. The third-order valence-electron chi connectivity index (χ3n) is 2.16. The van der Waals surface area contributed by atoms with E-state index in [9.17, 15) is 0 Å². The van der Waals surface area contributed by atoms with E-state index >= 15 is 0 Å². The van der Waals surface area contributed by atoms with Gasteiger partial charge in [0.25, 0.3) is 0 Å². The van der Waals surface area contributed by atoms with Gasteiger partial charge in [-0.05, 0) is 24.4 Å². The van der Waals surface area contributed by atoms with E-state index in [1.54, 1.807) is 0 Å². The summed E-state index contributed by atoms with van der Waals surface area (Å²) in [5.41, 5.74) is 0.962. The van der Waals surface area contributed by atoms with Gasteiger partial charge in [-0.2, -0.15) is 0 Å². The fourth-order valence-electron chi connectivity index (χ4n) is 1.51. The summed E-state index contributed by atoms with van der Waals surface area (Å²) in [5, 5.41) is 2.42. The minimum absolute atomic E-state index is 0.962. The molecule has 0 atom stereocenters. The van der Waals surface area contributed by atoms with Crippen molar-refractivity contribution in [1.29, 1.82) is 0 Å². The van der Waals surface area contributed by atoms with Crippen molar-refractivity contribution in [2.24, 2.45) is 4.99 Å². The SMILES string of the molecule is C=NC1=c2ccccc2=CCC=C1. The van der Waals surface area contributed by atoms with Crippen LogP contribution in [0.15, 0.2) is 41.4 Å². The second-order valence-corrected chi connectivity index (χ2v) is 2.97. The fraction of sp³-hybridized carbons (Fsp3) is 0.0833. The van der Waals surface area contributed by atoms with Crippen LogP contribution in [0.3, 0.4) is 0 Å². The van der Waals surface area contributed by atoms with Gasteiger partial charge in [0.15, 0.2) is 0 Å². The zero-order valence-corrected chi connectivity index (χ0v) is 7.40. The highest BCUT2D eigenvalue weighted by molar-refractivity contribution is 5.62. The van der Waals surface area contributed by atoms with Crippen molar-refractivity contribution in [2.75, 3.05) is 0 Å². The predicted octanol–water partition coefficient (Wildman–Crippen LogP) is 1.24. The van der Waals surface area contributed by atoms with Crippen molar-refractivity contribution in [1.82, 2.24) is 0 Å². The summed E-state index contributed by atoms with van der Waals surface area (Å²) >= 11 is 0. The number of aliphatic imine (C=N–C) groups is 1. The van der Waals surface area contributed by atoms with Crippen molar-refractivity contribution in [3.63, 3.8) is 0 Å². The highest BCUT2D eigenvalue weighted by atomic mass is 14.7. The number of hydrogen-bond donors (Lipinski definition) is 0. The van der Waals surface area contributed by atoms with E-state index in [1.165, 1.54) is 10.4 Å². The third kappa shape index (κ3) is 1.45. The Kier molecular flexibility index (Phi) is 2.09. The molecule has 0 heterocycles. The Morgan fingerprint density at radius 1 is 1.23 bits per heavy atom. The van der Waals surface area contributed by atoms with E-state index in [4.69, 9.17) is 0 Å². The summed E-state index contributed by atoms with van der Waals surface area (Å²) in [6, 6.07) is 8.25. The molecule has 1 aromatic carbocycles. The first-order chi connectivity index (χ1) is 6.42. The number of benzene rings is 1. The number of rotatable bonds is 1. The van der Waals surface area contributed by atoms with Crippen LogP contribution in [0.5, 0.6) is 0 Å². The van der Waals surface area contributed by atoms with Crippen molar-refractivity contribution < 1.29 is 0 Å². The number of allylic oxidation sites excluding steroid dienone is 1. The summed E-state index contributed by atoms with van der Waals surface area (Å²) in [5.74, 6) is 0. The van der Waals surface area contributed by atoms with Crippen LogP contribution in [-0.2, 0) is 0 Å². The maximum Gasteiger partial charge on any atom is 0.0697 e. The van der Waals surface area contributed by atoms with Gasteiger partial charge in [0, 0.05) is 5.22 Å². The van der Waals surface area contributed by atoms with E-state index < -0.39 is 0 Å². The van der Waals surface area contributed by atoms with Crippen LogP contribution < -0.4 is 10.4 Å². The van der Waals surface area contributed by atoms with Gasteiger partial charge >= 0.3 is 0 Å². The number of hydrogen-bond acceptors (Lipinski definition) is 1. The molecule has 0 spiro atoms. The molecular weight excluding hydrogens is 158 g/mol. The van der Waals surface area contributed by atoms with Gasteiger partial charge < -0.3 is 0 Å². The monoisotopic (exact) mass is 169 g/mol. The largest absolute Gasteiger partial charge is 0.264 e. The van der Waals surface area contributed by atoms with Crippen LogP contribution in [0.1, 0.15) is 6.42 Å². The van der Waals surface area contributed by atoms with E-state index in [-0.39, 0.29) is 0 Å². The number of fused-ring (bicyclic) bond motifs is 1. The van der Waals surface area contributed by atoms with Crippen LogP contribution >= 0.6 is 0 Å². The van der Waals surface area contributed by atoms with Crippen molar-refractivity contribution in [2.45, 2.75) is 6.42 Å². The average molecular weight is 169 g/mol. The molecule has 0 bridgehead atoms. The smallest absolute Gasteiger partial charge is 0.0697 e. The van der Waals surface area contributed by atoms with Crippen LogP contribution in [0, 0.1) is 0 Å². The zero-order chi connectivity index (χ0) is 9.10. The maximum absolute atomic E-state index is 4.01. The molecule has 0 unspecified atom stereocenters. The molecule has 1 aliphatic carbocycles. The predicted molar refractivity (Wildman–Crippen MR) is 56.9 cm³/mol. The Morgan fingerprint density at radius 2 is 2.08 bits per heavy atom. The van der Waals surface area contributed by atoms with Gasteiger partial charge in [-0.15, -0.1) is 0 Å². The molecule has 2 rings (SSSR count). The Balaban J connectivity index is 2.89. The molecule has 64 valence electrons. The Hall–Kier alpha value is -1.63. The van der Waals surface area contributed by atoms with Gasteiger partial charge in [-0.25, -0.2) is 0 Å². The minimum atomic E-state index is 0.962. The summed E-state index contributed by atoms with van der Waals surface area (Å²) < 4.78 is 0. The van der Waals surface area contributed by atoms with E-state index in [1.807, 2.05) is 18.2 Å².